The van der Waals surface area contributed by atoms with E-state index in [1.165, 1.54) is 18.6 Å². The van der Waals surface area contributed by atoms with Gasteiger partial charge in [-0.15, -0.1) is 0 Å². The van der Waals surface area contributed by atoms with Gasteiger partial charge in [0.25, 0.3) is 0 Å². The van der Waals surface area contributed by atoms with Crippen LogP contribution in [0.4, 0.5) is 4.39 Å². The van der Waals surface area contributed by atoms with Crippen LogP contribution in [0.25, 0.3) is 0 Å². The van der Waals surface area contributed by atoms with Gasteiger partial charge in [0.2, 0.25) is 10.0 Å². The minimum absolute atomic E-state index is 0.314. The van der Waals surface area contributed by atoms with Crippen molar-refractivity contribution >= 4 is 10.0 Å². The largest absolute Gasteiger partial charge is 0.392 e. The molecule has 0 saturated heterocycles. The maximum atomic E-state index is 13.7. The summed E-state index contributed by atoms with van der Waals surface area (Å²) in [5.41, 5.74) is 0.379. The number of hydrogen-bond donors (Lipinski definition) is 2. The Morgan fingerprint density at radius 1 is 1.25 bits per heavy atom. The Morgan fingerprint density at radius 3 is 2.60 bits per heavy atom. The monoisotopic (exact) mass is 301 g/mol. The fourth-order valence-electron chi connectivity index (χ4n) is 2.55. The van der Waals surface area contributed by atoms with Crippen molar-refractivity contribution in [2.45, 2.75) is 43.6 Å². The summed E-state index contributed by atoms with van der Waals surface area (Å²) in [7, 11) is -3.86. The third-order valence-corrected chi connectivity index (χ3v) is 5.19. The molecule has 0 amide bonds. The summed E-state index contributed by atoms with van der Waals surface area (Å²) < 4.78 is 40.4. The molecule has 0 bridgehead atoms. The van der Waals surface area contributed by atoms with Crippen molar-refractivity contribution in [3.8, 4) is 0 Å². The van der Waals surface area contributed by atoms with Crippen LogP contribution in [-0.4, -0.2) is 20.1 Å². The van der Waals surface area contributed by atoms with E-state index in [2.05, 4.69) is 4.72 Å². The van der Waals surface area contributed by atoms with Gasteiger partial charge in [0.15, 0.2) is 0 Å². The SMILES string of the molecule is O=S(=O)(NCC1CCCCC1)c1cc(CO)ccc1F. The molecule has 0 spiro atoms. The van der Waals surface area contributed by atoms with Crippen molar-refractivity contribution in [2.24, 2.45) is 5.92 Å². The molecule has 0 radical (unpaired) electrons. The van der Waals surface area contributed by atoms with Crippen molar-refractivity contribution in [3.63, 3.8) is 0 Å². The Kier molecular flexibility index (Phi) is 5.12. The molecule has 0 aliphatic heterocycles. The Balaban J connectivity index is 2.09. The van der Waals surface area contributed by atoms with E-state index >= 15 is 0 Å². The van der Waals surface area contributed by atoms with Crippen LogP contribution in [0, 0.1) is 11.7 Å². The molecule has 0 atom stereocenters. The second kappa shape index (κ2) is 6.65. The minimum Gasteiger partial charge on any atom is -0.392 e. The van der Waals surface area contributed by atoms with E-state index in [1.54, 1.807) is 0 Å². The van der Waals surface area contributed by atoms with Gasteiger partial charge in [0, 0.05) is 6.54 Å². The Labute approximate surface area is 119 Å². The molecule has 4 nitrogen and oxygen atoms in total. The lowest BCUT2D eigenvalue weighted by molar-refractivity contribution is 0.281. The summed E-state index contributed by atoms with van der Waals surface area (Å²) in [5, 5.41) is 9.01. The Morgan fingerprint density at radius 2 is 1.95 bits per heavy atom. The topological polar surface area (TPSA) is 66.4 Å². The first-order chi connectivity index (χ1) is 9.53. The smallest absolute Gasteiger partial charge is 0.243 e. The maximum absolute atomic E-state index is 13.7. The van der Waals surface area contributed by atoms with Crippen LogP contribution in [0.5, 0.6) is 0 Å². The molecular weight excluding hydrogens is 281 g/mol. The number of nitrogens with one attached hydrogen (secondary N) is 1. The summed E-state index contributed by atoms with van der Waals surface area (Å²) in [4.78, 5) is -0.389. The van der Waals surface area contributed by atoms with Crippen LogP contribution in [0.2, 0.25) is 0 Å². The van der Waals surface area contributed by atoms with Crippen molar-refractivity contribution < 1.29 is 17.9 Å². The fourth-order valence-corrected chi connectivity index (χ4v) is 3.79. The summed E-state index contributed by atoms with van der Waals surface area (Å²) in [6, 6.07) is 3.62. The predicted molar refractivity (Wildman–Crippen MR) is 74.1 cm³/mol. The van der Waals surface area contributed by atoms with Gasteiger partial charge in [-0.25, -0.2) is 17.5 Å². The highest BCUT2D eigenvalue weighted by atomic mass is 32.2. The lowest BCUT2D eigenvalue weighted by Gasteiger charge is -2.21. The second-order valence-electron chi connectivity index (χ2n) is 5.28. The lowest BCUT2D eigenvalue weighted by atomic mass is 9.90. The third kappa shape index (κ3) is 3.77. The van der Waals surface area contributed by atoms with Crippen LogP contribution < -0.4 is 4.72 Å². The minimum atomic E-state index is -3.86. The average molecular weight is 301 g/mol. The summed E-state index contributed by atoms with van der Waals surface area (Å²) >= 11 is 0. The molecule has 1 saturated carbocycles. The van der Waals surface area contributed by atoms with E-state index in [-0.39, 0.29) is 11.5 Å². The predicted octanol–water partition coefficient (Wildman–Crippen LogP) is 2.18. The zero-order chi connectivity index (χ0) is 14.6. The first-order valence-corrected chi connectivity index (χ1v) is 8.40. The van der Waals surface area contributed by atoms with Crippen molar-refractivity contribution in [2.75, 3.05) is 6.54 Å². The molecule has 1 aliphatic carbocycles. The lowest BCUT2D eigenvalue weighted by Crippen LogP contribution is -2.31. The zero-order valence-electron chi connectivity index (χ0n) is 11.3. The van der Waals surface area contributed by atoms with E-state index in [0.29, 0.717) is 18.0 Å². The molecule has 6 heteroatoms. The maximum Gasteiger partial charge on any atom is 0.243 e. The van der Waals surface area contributed by atoms with E-state index < -0.39 is 15.8 Å². The van der Waals surface area contributed by atoms with Crippen LogP contribution in [0.15, 0.2) is 23.1 Å². The molecule has 1 aliphatic rings. The van der Waals surface area contributed by atoms with E-state index in [1.807, 2.05) is 0 Å². The molecule has 0 aromatic heterocycles. The van der Waals surface area contributed by atoms with Gasteiger partial charge < -0.3 is 5.11 Å². The van der Waals surface area contributed by atoms with E-state index in [9.17, 15) is 12.8 Å². The van der Waals surface area contributed by atoms with E-state index in [4.69, 9.17) is 5.11 Å². The highest BCUT2D eigenvalue weighted by molar-refractivity contribution is 7.89. The normalized spacial score (nSPS) is 17.3. The van der Waals surface area contributed by atoms with Gasteiger partial charge in [-0.05, 0) is 36.5 Å². The van der Waals surface area contributed by atoms with Gasteiger partial charge >= 0.3 is 0 Å². The molecular formula is C14H20FNO3S. The van der Waals surface area contributed by atoms with Crippen molar-refractivity contribution in [1.82, 2.24) is 4.72 Å². The first kappa shape index (κ1) is 15.4. The molecule has 1 aromatic rings. The fraction of sp³-hybridized carbons (Fsp3) is 0.571. The highest BCUT2D eigenvalue weighted by Gasteiger charge is 2.22. The standard InChI is InChI=1S/C14H20FNO3S/c15-13-7-6-12(10-17)8-14(13)20(18,19)16-9-11-4-2-1-3-5-11/h6-8,11,16-17H,1-5,9-10H2. The molecule has 0 unspecified atom stereocenters. The summed E-state index contributed by atoms with van der Waals surface area (Å²) in [5.74, 6) is -0.457. The van der Waals surface area contributed by atoms with Gasteiger partial charge in [-0.1, -0.05) is 25.3 Å². The number of aliphatic hydroxyl groups excluding tert-OH is 1. The number of rotatable bonds is 5. The highest BCUT2D eigenvalue weighted by Crippen LogP contribution is 2.24. The van der Waals surface area contributed by atoms with Crippen LogP contribution in [0.1, 0.15) is 37.7 Å². The quantitative estimate of drug-likeness (QED) is 0.876. The molecule has 112 valence electrons. The summed E-state index contributed by atoms with van der Waals surface area (Å²) in [6.07, 6.45) is 5.49. The zero-order valence-corrected chi connectivity index (χ0v) is 12.1. The molecule has 20 heavy (non-hydrogen) atoms. The van der Waals surface area contributed by atoms with Gasteiger partial charge in [0.05, 0.1) is 6.61 Å². The average Bonchev–Trinajstić information content (AvgIpc) is 2.47. The Hall–Kier alpha value is -0.980. The Bertz CT molecular complexity index is 554. The number of hydrogen-bond acceptors (Lipinski definition) is 3. The van der Waals surface area contributed by atoms with Crippen molar-refractivity contribution in [1.29, 1.82) is 0 Å². The number of benzene rings is 1. The number of sulfonamides is 1. The van der Waals surface area contributed by atoms with Gasteiger partial charge in [-0.2, -0.15) is 0 Å². The number of aliphatic hydroxyl groups is 1. The molecule has 2 N–H and O–H groups in total. The van der Waals surface area contributed by atoms with Crippen LogP contribution in [0.3, 0.4) is 0 Å². The first-order valence-electron chi connectivity index (χ1n) is 6.92. The van der Waals surface area contributed by atoms with Gasteiger partial charge in [0.1, 0.15) is 10.7 Å². The van der Waals surface area contributed by atoms with E-state index in [0.717, 1.165) is 31.7 Å². The summed E-state index contributed by atoms with van der Waals surface area (Å²) in [6.45, 7) is 0.0382. The molecule has 0 heterocycles. The molecule has 1 aromatic carbocycles. The van der Waals surface area contributed by atoms with Crippen LogP contribution in [-0.2, 0) is 16.6 Å². The third-order valence-electron chi connectivity index (χ3n) is 3.75. The second-order valence-corrected chi connectivity index (χ2v) is 7.01. The molecule has 2 rings (SSSR count). The van der Waals surface area contributed by atoms with Crippen molar-refractivity contribution in [3.05, 3.63) is 29.6 Å². The van der Waals surface area contributed by atoms with Crippen LogP contribution >= 0.6 is 0 Å². The van der Waals surface area contributed by atoms with Gasteiger partial charge in [-0.3, -0.25) is 0 Å². The number of halogens is 1. The molecule has 1 fully saturated rings.